The highest BCUT2D eigenvalue weighted by molar-refractivity contribution is 14.1. The maximum absolute atomic E-state index is 15.3. The molecule has 2 saturated heterocycles. The van der Waals surface area contributed by atoms with Gasteiger partial charge in [-0.3, -0.25) is 24.6 Å². The Morgan fingerprint density at radius 2 is 1.67 bits per heavy atom. The normalized spacial score (nSPS) is 26.7. The molecule has 5 amide bonds. The molecule has 15 heteroatoms. The molecule has 0 radical (unpaired) electrons. The first-order chi connectivity index (χ1) is 24.4. The van der Waals surface area contributed by atoms with Crippen LogP contribution in [0.1, 0.15) is 29.9 Å². The van der Waals surface area contributed by atoms with Gasteiger partial charge in [0.25, 0.3) is 11.8 Å². The summed E-state index contributed by atoms with van der Waals surface area (Å²) in [5.41, 5.74) is 3.24. The Labute approximate surface area is 315 Å². The predicted molar refractivity (Wildman–Crippen MR) is 192 cm³/mol. The van der Waals surface area contributed by atoms with Crippen LogP contribution in [0.25, 0.3) is 0 Å². The number of rotatable bonds is 6. The summed E-state index contributed by atoms with van der Waals surface area (Å²) < 4.78 is 16.2. The first-order valence-corrected chi connectivity index (χ1v) is 17.7. The number of carbonyl (C=O) groups excluding carboxylic acids is 5. The zero-order valence-electron chi connectivity index (χ0n) is 27.3. The van der Waals surface area contributed by atoms with Crippen LogP contribution in [0.2, 0.25) is 10.0 Å². The Kier molecular flexibility index (Phi) is 8.95. The average molecular weight is 846 g/mol. The summed E-state index contributed by atoms with van der Waals surface area (Å²) in [4.78, 5) is 70.8. The topological polar surface area (TPSA) is 152 Å². The molecule has 6 unspecified atom stereocenters. The van der Waals surface area contributed by atoms with Gasteiger partial charge in [-0.05, 0) is 94.9 Å². The van der Waals surface area contributed by atoms with Gasteiger partial charge in [0, 0.05) is 10.9 Å². The highest BCUT2D eigenvalue weighted by Crippen LogP contribution is 2.64. The number of halogens is 3. The Morgan fingerprint density at radius 3 is 2.31 bits per heavy atom. The lowest BCUT2D eigenvalue weighted by Crippen LogP contribution is -2.53. The number of carbonyl (C=O) groups is 5. The lowest BCUT2D eigenvalue weighted by atomic mass is 9.49. The number of nitrogens with zero attached hydrogens (tertiary/aromatic N) is 2. The minimum absolute atomic E-state index is 0.00697. The van der Waals surface area contributed by atoms with E-state index >= 15 is 4.79 Å². The molecule has 0 spiro atoms. The second-order valence-electron chi connectivity index (χ2n) is 12.7. The molecule has 1 saturated carbocycles. The number of aromatic hydroxyl groups is 1. The molecule has 0 bridgehead atoms. The first-order valence-electron chi connectivity index (χ1n) is 15.9. The molecular formula is C36H30Cl2IN3O9. The van der Waals surface area contributed by atoms with E-state index in [9.17, 15) is 24.3 Å². The van der Waals surface area contributed by atoms with Crippen molar-refractivity contribution >= 4 is 81.2 Å². The van der Waals surface area contributed by atoms with E-state index in [1.54, 1.807) is 48.5 Å². The molecule has 3 aromatic carbocycles. The summed E-state index contributed by atoms with van der Waals surface area (Å²) in [7, 11) is 4.01. The number of nitrogens with one attached hydrogen (secondary N) is 1. The number of hydrogen-bond donors (Lipinski definition) is 2. The number of benzene rings is 3. The Bertz CT molecular complexity index is 2060. The highest BCUT2D eigenvalue weighted by atomic mass is 127. The molecule has 0 aromatic heterocycles. The number of anilines is 1. The number of phenolic OH excluding ortho intramolecular Hbond substituents is 1. The van der Waals surface area contributed by atoms with Crippen LogP contribution < -0.4 is 14.9 Å². The quantitative estimate of drug-likeness (QED) is 0.170. The van der Waals surface area contributed by atoms with Crippen molar-refractivity contribution in [1.29, 1.82) is 0 Å². The van der Waals surface area contributed by atoms with Crippen LogP contribution in [0.15, 0.2) is 66.2 Å². The fourth-order valence-corrected chi connectivity index (χ4v) is 9.48. The molecule has 2 aliphatic carbocycles. The number of imide groups is 4. The van der Waals surface area contributed by atoms with Crippen LogP contribution in [0.3, 0.4) is 0 Å². The van der Waals surface area contributed by atoms with E-state index in [0.29, 0.717) is 35.9 Å². The highest BCUT2D eigenvalue weighted by Gasteiger charge is 2.70. The van der Waals surface area contributed by atoms with E-state index in [1.165, 1.54) is 20.3 Å². The van der Waals surface area contributed by atoms with Crippen LogP contribution in [-0.2, 0) is 29.3 Å². The summed E-state index contributed by atoms with van der Waals surface area (Å²) in [5.74, 6) is -6.63. The lowest BCUT2D eigenvalue weighted by Gasteiger charge is -2.50. The summed E-state index contributed by atoms with van der Waals surface area (Å²) in [5, 5.41) is 12.3. The van der Waals surface area contributed by atoms with Crippen LogP contribution in [0, 0.1) is 27.2 Å². The van der Waals surface area contributed by atoms with Gasteiger partial charge in [0.1, 0.15) is 5.75 Å². The van der Waals surface area contributed by atoms with Gasteiger partial charge in [0.15, 0.2) is 11.5 Å². The summed E-state index contributed by atoms with van der Waals surface area (Å²) in [6.45, 7) is 0. The summed E-state index contributed by atoms with van der Waals surface area (Å²) >= 11 is 14.6. The Balaban J connectivity index is 1.49. The summed E-state index contributed by atoms with van der Waals surface area (Å²) in [6, 6.07) is 14.8. The van der Waals surface area contributed by atoms with Crippen molar-refractivity contribution in [2.45, 2.75) is 24.2 Å². The SMILES string of the molecule is COC(=O)N1C(=O)C2CC=C3C(CC4C(=O)N(Nc5ccc(Cl)cc5Cl)C(=O)C4(c4ccc(OC)cc4)C3c3cc(I)c(O)c(OC)c3)C2C1=O. The van der Waals surface area contributed by atoms with Crippen molar-refractivity contribution in [3.63, 3.8) is 0 Å². The number of ether oxygens (including phenoxy) is 3. The van der Waals surface area contributed by atoms with Crippen molar-refractivity contribution in [3.05, 3.63) is 91.0 Å². The van der Waals surface area contributed by atoms with Gasteiger partial charge in [0.05, 0.1) is 58.8 Å². The van der Waals surface area contributed by atoms with E-state index in [2.05, 4.69) is 5.43 Å². The first kappa shape index (κ1) is 35.1. The zero-order valence-corrected chi connectivity index (χ0v) is 31.0. The third-order valence-corrected chi connectivity index (χ3v) is 11.9. The second kappa shape index (κ2) is 13.0. The maximum Gasteiger partial charge on any atom is 0.423 e. The van der Waals surface area contributed by atoms with Crippen molar-refractivity contribution in [3.8, 4) is 17.2 Å². The maximum atomic E-state index is 15.3. The van der Waals surface area contributed by atoms with Crippen molar-refractivity contribution in [2.24, 2.45) is 23.7 Å². The summed E-state index contributed by atoms with van der Waals surface area (Å²) in [6.07, 6.45) is 0.860. The number of hydrazine groups is 1. The largest absolute Gasteiger partial charge is 0.504 e. The number of methoxy groups -OCH3 is 3. The van der Waals surface area contributed by atoms with Gasteiger partial charge in [-0.2, -0.15) is 9.91 Å². The molecule has 2 N–H and O–H groups in total. The molecule has 2 heterocycles. The average Bonchev–Trinajstić information content (AvgIpc) is 3.50. The van der Waals surface area contributed by atoms with E-state index in [-0.39, 0.29) is 35.1 Å². The molecule has 12 nitrogen and oxygen atoms in total. The molecule has 3 aromatic rings. The van der Waals surface area contributed by atoms with Gasteiger partial charge >= 0.3 is 6.09 Å². The predicted octanol–water partition coefficient (Wildman–Crippen LogP) is 6.07. The lowest BCUT2D eigenvalue weighted by molar-refractivity contribution is -0.140. The minimum atomic E-state index is -1.62. The van der Waals surface area contributed by atoms with Crippen LogP contribution >= 0.6 is 45.8 Å². The number of phenols is 1. The third kappa shape index (κ3) is 5.18. The molecule has 264 valence electrons. The number of hydrogen-bond acceptors (Lipinski definition) is 10. The van der Waals surface area contributed by atoms with Gasteiger partial charge in [-0.25, -0.2) is 4.79 Å². The number of likely N-dealkylation sites (tertiary alicyclic amines) is 1. The van der Waals surface area contributed by atoms with Crippen molar-refractivity contribution < 1.29 is 43.3 Å². The van der Waals surface area contributed by atoms with E-state index in [4.69, 9.17) is 37.4 Å². The zero-order chi connectivity index (χ0) is 36.5. The smallest absolute Gasteiger partial charge is 0.423 e. The fraction of sp³-hybridized carbons (Fsp3) is 0.306. The third-order valence-electron chi connectivity index (χ3n) is 10.5. The van der Waals surface area contributed by atoms with Gasteiger partial charge < -0.3 is 19.3 Å². The monoisotopic (exact) mass is 845 g/mol. The van der Waals surface area contributed by atoms with Gasteiger partial charge in [-0.15, -0.1) is 0 Å². The molecular weight excluding hydrogens is 816 g/mol. The Morgan fingerprint density at radius 1 is 0.941 bits per heavy atom. The van der Waals surface area contributed by atoms with Crippen LogP contribution in [0.4, 0.5) is 10.5 Å². The van der Waals surface area contributed by atoms with Crippen molar-refractivity contribution in [1.82, 2.24) is 9.91 Å². The van der Waals surface area contributed by atoms with Crippen molar-refractivity contribution in [2.75, 3.05) is 26.8 Å². The molecule has 2 aliphatic heterocycles. The molecule has 4 aliphatic rings. The van der Waals surface area contributed by atoms with Gasteiger partial charge in [0.2, 0.25) is 11.8 Å². The minimum Gasteiger partial charge on any atom is -0.504 e. The molecule has 3 fully saturated rings. The number of allylic oxidation sites excluding steroid dienone is 2. The second-order valence-corrected chi connectivity index (χ2v) is 14.8. The van der Waals surface area contributed by atoms with E-state index < -0.39 is 64.7 Å². The van der Waals surface area contributed by atoms with Gasteiger partial charge in [-0.1, -0.05) is 47.0 Å². The van der Waals surface area contributed by atoms with E-state index in [1.807, 2.05) is 28.7 Å². The number of fused-ring (bicyclic) bond motifs is 4. The van der Waals surface area contributed by atoms with Crippen LogP contribution in [-0.4, -0.2) is 66.1 Å². The molecule has 51 heavy (non-hydrogen) atoms. The Hall–Kier alpha value is -4.34. The molecule has 7 rings (SSSR count). The molecule has 6 atom stereocenters. The van der Waals surface area contributed by atoms with Crippen LogP contribution in [0.5, 0.6) is 17.2 Å². The number of amides is 5. The standard InChI is InChI=1S/C36H30Cl2IN3O9/c1-49-19-7-4-17(5-8-19)36-23(32(45)42(34(36)47)40-26-11-6-18(37)14-24(26)38)15-22-20(29(36)16-12-25(39)30(43)27(13-16)50-2)9-10-21-28(22)33(46)41(31(21)44)35(48)51-3/h4-9,11-14,21-23,28-29,40,43H,10,15H2,1-3H3. The fourth-order valence-electron chi connectivity index (χ4n) is 8.41. The van der Waals surface area contributed by atoms with E-state index in [0.717, 1.165) is 12.1 Å².